The molecule has 1 saturated heterocycles. The van der Waals surface area contributed by atoms with Gasteiger partial charge in [-0.2, -0.15) is 0 Å². The third-order valence-electron chi connectivity index (χ3n) is 2.30. The average Bonchev–Trinajstić information content (AvgIpc) is 2.34. The number of carboxylic acid groups (broad SMARTS) is 1. The van der Waals surface area contributed by atoms with Crippen molar-refractivity contribution in [3.8, 4) is 0 Å². The second kappa shape index (κ2) is 6.94. The molecule has 0 aromatic heterocycles. The highest BCUT2D eigenvalue weighted by Crippen LogP contribution is 1.99. The number of urea groups is 1. The van der Waals surface area contributed by atoms with E-state index in [2.05, 4.69) is 10.6 Å². The van der Waals surface area contributed by atoms with E-state index in [0.29, 0.717) is 24.6 Å². The number of carboxylic acids is 1. The molecule has 1 aliphatic rings. The lowest BCUT2D eigenvalue weighted by molar-refractivity contribution is -0.137. The van der Waals surface area contributed by atoms with Crippen LogP contribution in [0.1, 0.15) is 0 Å². The molecule has 0 saturated carbocycles. The lowest BCUT2D eigenvalue weighted by Gasteiger charge is -2.26. The third-order valence-corrected chi connectivity index (χ3v) is 3.58. The largest absolute Gasteiger partial charge is 0.480 e. The number of carbonyl (C=O) groups is 3. The van der Waals surface area contributed by atoms with E-state index in [0.717, 1.165) is 0 Å². The molecule has 3 N–H and O–H groups in total. The van der Waals surface area contributed by atoms with Gasteiger partial charge in [0, 0.05) is 35.4 Å². The van der Waals surface area contributed by atoms with Gasteiger partial charge in [0.2, 0.25) is 5.91 Å². The van der Waals surface area contributed by atoms with Crippen LogP contribution in [0.4, 0.5) is 4.79 Å². The first-order chi connectivity index (χ1) is 8.49. The normalized spacial score (nSPS) is 16.1. The summed E-state index contributed by atoms with van der Waals surface area (Å²) in [4.78, 5) is 34.4. The molecule has 0 atom stereocenters. The number of hydrogen-bond donors (Lipinski definition) is 3. The van der Waals surface area contributed by atoms with Gasteiger partial charge in [0.05, 0.1) is 6.54 Å². The highest BCUT2D eigenvalue weighted by atomic mass is 32.2. The van der Waals surface area contributed by atoms with Gasteiger partial charge in [-0.25, -0.2) is 4.79 Å². The zero-order valence-electron chi connectivity index (χ0n) is 9.68. The van der Waals surface area contributed by atoms with Crippen LogP contribution in [-0.4, -0.2) is 69.8 Å². The molecule has 0 aromatic rings. The van der Waals surface area contributed by atoms with E-state index in [-0.39, 0.29) is 6.54 Å². The fourth-order valence-corrected chi connectivity index (χ4v) is 2.40. The summed E-state index contributed by atoms with van der Waals surface area (Å²) < 4.78 is 11.1. The predicted octanol–water partition coefficient (Wildman–Crippen LogP) is -2.04. The van der Waals surface area contributed by atoms with Crippen LogP contribution in [0, 0.1) is 0 Å². The maximum absolute atomic E-state index is 11.6. The molecule has 0 bridgehead atoms. The standard InChI is InChI=1S/C9H15N3O5S/c13-7(10-6-8(14)15)5-11-9(16)12-1-3-18(17)4-2-12/h1-6H2,(H,10,13)(H,11,16)(H,14,15). The van der Waals surface area contributed by atoms with Crippen molar-refractivity contribution >= 4 is 28.7 Å². The monoisotopic (exact) mass is 277 g/mol. The van der Waals surface area contributed by atoms with Gasteiger partial charge in [-0.1, -0.05) is 0 Å². The molecule has 1 aliphatic heterocycles. The van der Waals surface area contributed by atoms with Crippen LogP contribution in [0.15, 0.2) is 0 Å². The van der Waals surface area contributed by atoms with Crippen molar-refractivity contribution in [2.75, 3.05) is 37.7 Å². The van der Waals surface area contributed by atoms with Crippen molar-refractivity contribution in [3.05, 3.63) is 0 Å². The lowest BCUT2D eigenvalue weighted by Crippen LogP contribution is -2.49. The van der Waals surface area contributed by atoms with Crippen LogP contribution in [0.3, 0.4) is 0 Å². The molecule has 0 unspecified atom stereocenters. The molecule has 0 radical (unpaired) electrons. The first kappa shape index (κ1) is 14.4. The summed E-state index contributed by atoms with van der Waals surface area (Å²) in [7, 11) is -0.865. The number of aliphatic carboxylic acids is 1. The van der Waals surface area contributed by atoms with Crippen LogP contribution in [0.2, 0.25) is 0 Å². The number of nitrogens with zero attached hydrogens (tertiary/aromatic N) is 1. The minimum absolute atomic E-state index is 0.272. The predicted molar refractivity (Wildman–Crippen MR) is 63.5 cm³/mol. The van der Waals surface area contributed by atoms with Crippen LogP contribution in [0.25, 0.3) is 0 Å². The number of hydrogen-bond acceptors (Lipinski definition) is 4. The van der Waals surface area contributed by atoms with E-state index < -0.39 is 35.3 Å². The van der Waals surface area contributed by atoms with Gasteiger partial charge >= 0.3 is 12.0 Å². The second-order valence-electron chi connectivity index (χ2n) is 3.66. The number of rotatable bonds is 4. The Morgan fingerprint density at radius 3 is 2.28 bits per heavy atom. The smallest absolute Gasteiger partial charge is 0.322 e. The molecule has 9 heteroatoms. The minimum Gasteiger partial charge on any atom is -0.480 e. The Hall–Kier alpha value is -1.64. The van der Waals surface area contributed by atoms with E-state index in [1.807, 2.05) is 0 Å². The Bertz CT molecular complexity index is 363. The maximum Gasteiger partial charge on any atom is 0.322 e. The van der Waals surface area contributed by atoms with E-state index in [1.54, 1.807) is 0 Å². The van der Waals surface area contributed by atoms with Crippen molar-refractivity contribution in [2.45, 2.75) is 0 Å². The van der Waals surface area contributed by atoms with Crippen molar-refractivity contribution in [3.63, 3.8) is 0 Å². The third kappa shape index (κ3) is 5.13. The molecule has 1 heterocycles. The SMILES string of the molecule is O=C(O)CNC(=O)CNC(=O)N1CCS(=O)CC1. The lowest BCUT2D eigenvalue weighted by atomic mass is 10.5. The quantitative estimate of drug-likeness (QED) is 0.547. The van der Waals surface area contributed by atoms with Gasteiger partial charge < -0.3 is 20.6 Å². The second-order valence-corrected chi connectivity index (χ2v) is 5.36. The number of carbonyl (C=O) groups excluding carboxylic acids is 2. The zero-order chi connectivity index (χ0) is 13.5. The Balaban J connectivity index is 2.22. The van der Waals surface area contributed by atoms with E-state index in [9.17, 15) is 18.6 Å². The molecule has 18 heavy (non-hydrogen) atoms. The number of nitrogens with one attached hydrogen (secondary N) is 2. The van der Waals surface area contributed by atoms with Gasteiger partial charge in [-0.15, -0.1) is 0 Å². The first-order valence-electron chi connectivity index (χ1n) is 5.35. The van der Waals surface area contributed by atoms with E-state index in [1.165, 1.54) is 4.90 Å². The topological polar surface area (TPSA) is 116 Å². The van der Waals surface area contributed by atoms with Gasteiger partial charge in [0.15, 0.2) is 0 Å². The summed E-state index contributed by atoms with van der Waals surface area (Å²) in [5, 5.41) is 12.8. The van der Waals surface area contributed by atoms with Crippen molar-refractivity contribution in [1.29, 1.82) is 0 Å². The van der Waals surface area contributed by atoms with Crippen LogP contribution in [-0.2, 0) is 20.4 Å². The highest BCUT2D eigenvalue weighted by molar-refractivity contribution is 7.85. The Morgan fingerprint density at radius 2 is 1.72 bits per heavy atom. The summed E-state index contributed by atoms with van der Waals surface area (Å²) in [5.41, 5.74) is 0. The minimum atomic E-state index is -1.15. The summed E-state index contributed by atoms with van der Waals surface area (Å²) in [6.07, 6.45) is 0. The van der Waals surface area contributed by atoms with Crippen LogP contribution in [0.5, 0.6) is 0 Å². The molecule has 1 rings (SSSR count). The van der Waals surface area contributed by atoms with Gasteiger partial charge in [0.25, 0.3) is 0 Å². The molecule has 102 valence electrons. The molecular weight excluding hydrogens is 262 g/mol. The molecule has 0 aromatic carbocycles. The van der Waals surface area contributed by atoms with Gasteiger partial charge in [-0.05, 0) is 0 Å². The summed E-state index contributed by atoms with van der Waals surface area (Å²) in [6, 6.07) is -0.405. The zero-order valence-corrected chi connectivity index (χ0v) is 10.5. The molecule has 8 nitrogen and oxygen atoms in total. The molecule has 0 aliphatic carbocycles. The van der Waals surface area contributed by atoms with Crippen molar-refractivity contribution in [1.82, 2.24) is 15.5 Å². The van der Waals surface area contributed by atoms with Gasteiger partial charge in [-0.3, -0.25) is 13.8 Å². The maximum atomic E-state index is 11.6. The first-order valence-corrected chi connectivity index (χ1v) is 6.84. The molecule has 0 spiro atoms. The summed E-state index contributed by atoms with van der Waals surface area (Å²) in [5.74, 6) is -0.823. The van der Waals surface area contributed by atoms with Gasteiger partial charge in [0.1, 0.15) is 6.54 Å². The summed E-state index contributed by atoms with van der Waals surface area (Å²) in [6.45, 7) is 0.0491. The van der Waals surface area contributed by atoms with Crippen molar-refractivity contribution < 1.29 is 23.7 Å². The van der Waals surface area contributed by atoms with Crippen LogP contribution < -0.4 is 10.6 Å². The number of amides is 3. The Labute approximate surface area is 106 Å². The fraction of sp³-hybridized carbons (Fsp3) is 0.667. The Morgan fingerprint density at radius 1 is 1.11 bits per heavy atom. The molecule has 3 amide bonds. The Kier molecular flexibility index (Phi) is 5.56. The summed E-state index contributed by atoms with van der Waals surface area (Å²) >= 11 is 0. The van der Waals surface area contributed by atoms with E-state index in [4.69, 9.17) is 5.11 Å². The van der Waals surface area contributed by atoms with Crippen molar-refractivity contribution in [2.24, 2.45) is 0 Å². The molecule has 1 fully saturated rings. The van der Waals surface area contributed by atoms with E-state index >= 15 is 0 Å². The molecular formula is C9H15N3O5S. The fourth-order valence-electron chi connectivity index (χ4n) is 1.35. The van der Waals surface area contributed by atoms with Crippen LogP contribution >= 0.6 is 0 Å². The average molecular weight is 277 g/mol. The highest BCUT2D eigenvalue weighted by Gasteiger charge is 2.20.